The lowest BCUT2D eigenvalue weighted by Gasteiger charge is -2.26. The molecule has 2 aromatic rings. The van der Waals surface area contributed by atoms with Crippen LogP contribution in [-0.2, 0) is 26.6 Å². The van der Waals surface area contributed by atoms with E-state index in [-0.39, 0.29) is 5.91 Å². The van der Waals surface area contributed by atoms with E-state index in [1.807, 2.05) is 23.3 Å². The van der Waals surface area contributed by atoms with E-state index in [9.17, 15) is 4.79 Å². The summed E-state index contributed by atoms with van der Waals surface area (Å²) in [6.45, 7) is 2.60. The monoisotopic (exact) mass is 345 g/mol. The van der Waals surface area contributed by atoms with Crippen molar-refractivity contribution in [2.45, 2.75) is 51.2 Å². The maximum atomic E-state index is 12.7. The van der Waals surface area contributed by atoms with E-state index in [2.05, 4.69) is 20.3 Å². The lowest BCUT2D eigenvalue weighted by atomic mass is 10.0. The number of hydrogen-bond acceptors (Lipinski definition) is 5. The van der Waals surface area contributed by atoms with Gasteiger partial charge in [-0.15, -0.1) is 11.3 Å². The highest BCUT2D eigenvalue weighted by Crippen LogP contribution is 2.25. The van der Waals surface area contributed by atoms with E-state index in [1.54, 1.807) is 11.3 Å². The molecule has 0 unspecified atom stereocenters. The van der Waals surface area contributed by atoms with Crippen molar-refractivity contribution in [2.75, 3.05) is 6.54 Å². The van der Waals surface area contributed by atoms with E-state index in [4.69, 9.17) is 0 Å². The summed E-state index contributed by atoms with van der Waals surface area (Å²) in [5, 5.41) is 10.8. The van der Waals surface area contributed by atoms with Crippen molar-refractivity contribution in [3.8, 4) is 0 Å². The molecule has 7 heteroatoms. The summed E-state index contributed by atoms with van der Waals surface area (Å²) in [5.74, 6) is -0.00477. The van der Waals surface area contributed by atoms with Crippen LogP contribution in [0.4, 0.5) is 0 Å². The highest BCUT2D eigenvalue weighted by Gasteiger charge is 2.28. The van der Waals surface area contributed by atoms with Crippen LogP contribution in [0.3, 0.4) is 0 Å². The van der Waals surface area contributed by atoms with Crippen LogP contribution in [0.25, 0.3) is 0 Å². The second kappa shape index (κ2) is 6.64. The van der Waals surface area contributed by atoms with Gasteiger partial charge >= 0.3 is 0 Å². The Hall–Kier alpha value is -1.73. The third kappa shape index (κ3) is 3.10. The fourth-order valence-corrected chi connectivity index (χ4v) is 4.47. The molecule has 2 aliphatic rings. The SMILES string of the molecule is Cn1nc(C(=O)NC2CCCC2)c2c1CCN(Cc1nccs1)C2. The highest BCUT2D eigenvalue weighted by molar-refractivity contribution is 7.09. The summed E-state index contributed by atoms with van der Waals surface area (Å²) in [7, 11) is 1.95. The maximum Gasteiger partial charge on any atom is 0.272 e. The number of fused-ring (bicyclic) bond motifs is 1. The zero-order valence-corrected chi connectivity index (χ0v) is 14.8. The molecule has 0 atom stereocenters. The lowest BCUT2D eigenvalue weighted by Crippen LogP contribution is -2.35. The molecular formula is C17H23N5OS. The number of nitrogens with zero attached hydrogens (tertiary/aromatic N) is 4. The second-order valence-corrected chi connectivity index (χ2v) is 7.72. The Bertz CT molecular complexity index is 718. The molecular weight excluding hydrogens is 322 g/mol. The molecule has 3 heterocycles. The summed E-state index contributed by atoms with van der Waals surface area (Å²) >= 11 is 1.68. The second-order valence-electron chi connectivity index (χ2n) is 6.74. The third-order valence-electron chi connectivity index (χ3n) is 5.07. The van der Waals surface area contributed by atoms with Crippen molar-refractivity contribution >= 4 is 17.2 Å². The number of amides is 1. The van der Waals surface area contributed by atoms with Gasteiger partial charge in [0.1, 0.15) is 5.01 Å². The van der Waals surface area contributed by atoms with Crippen molar-refractivity contribution in [2.24, 2.45) is 7.05 Å². The number of carbonyl (C=O) groups excluding carboxylic acids is 1. The standard InChI is InChI=1S/C17H23N5OS/c1-21-14-6-8-22(11-15-18-7-9-24-15)10-13(14)16(20-21)17(23)19-12-4-2-3-5-12/h7,9,12H,2-6,8,10-11H2,1H3,(H,19,23). The molecule has 2 aromatic heterocycles. The smallest absolute Gasteiger partial charge is 0.272 e. The number of carbonyl (C=O) groups is 1. The lowest BCUT2D eigenvalue weighted by molar-refractivity contribution is 0.0929. The fraction of sp³-hybridized carbons (Fsp3) is 0.588. The number of rotatable bonds is 4. The van der Waals surface area contributed by atoms with E-state index in [0.717, 1.165) is 49.5 Å². The van der Waals surface area contributed by atoms with Crippen molar-refractivity contribution in [1.29, 1.82) is 0 Å². The Morgan fingerprint density at radius 3 is 3.00 bits per heavy atom. The predicted octanol–water partition coefficient (Wildman–Crippen LogP) is 2.11. The van der Waals surface area contributed by atoms with Gasteiger partial charge < -0.3 is 5.32 Å². The molecule has 0 saturated heterocycles. The predicted molar refractivity (Wildman–Crippen MR) is 92.9 cm³/mol. The van der Waals surface area contributed by atoms with Crippen LogP contribution in [0, 0.1) is 0 Å². The molecule has 128 valence electrons. The van der Waals surface area contributed by atoms with Crippen molar-refractivity contribution < 1.29 is 4.79 Å². The minimum atomic E-state index is -0.00477. The van der Waals surface area contributed by atoms with Gasteiger partial charge in [0.25, 0.3) is 5.91 Å². The Morgan fingerprint density at radius 2 is 2.25 bits per heavy atom. The van der Waals surface area contributed by atoms with Gasteiger partial charge in [-0.05, 0) is 12.8 Å². The average molecular weight is 345 g/mol. The maximum absolute atomic E-state index is 12.7. The van der Waals surface area contributed by atoms with Gasteiger partial charge in [0.05, 0.1) is 6.54 Å². The van der Waals surface area contributed by atoms with Gasteiger partial charge in [-0.25, -0.2) is 4.98 Å². The van der Waals surface area contributed by atoms with Gasteiger partial charge in [-0.1, -0.05) is 12.8 Å². The van der Waals surface area contributed by atoms with E-state index in [1.165, 1.54) is 18.5 Å². The number of aryl methyl sites for hydroxylation is 1. The summed E-state index contributed by atoms with van der Waals surface area (Å²) in [4.78, 5) is 19.4. The summed E-state index contributed by atoms with van der Waals surface area (Å²) in [6, 6.07) is 0.324. The molecule has 1 aliphatic carbocycles. The Morgan fingerprint density at radius 1 is 1.42 bits per heavy atom. The molecule has 1 aliphatic heterocycles. The first-order valence-corrected chi connectivity index (χ1v) is 9.55. The Labute approximate surface area is 145 Å². The first-order chi connectivity index (χ1) is 11.7. The van der Waals surface area contributed by atoms with Gasteiger partial charge in [-0.2, -0.15) is 5.10 Å². The minimum absolute atomic E-state index is 0.00477. The molecule has 1 saturated carbocycles. The average Bonchev–Trinajstić information content (AvgIpc) is 3.30. The highest BCUT2D eigenvalue weighted by atomic mass is 32.1. The molecule has 0 bridgehead atoms. The molecule has 0 aromatic carbocycles. The molecule has 0 spiro atoms. The van der Waals surface area contributed by atoms with Crippen LogP contribution in [0.1, 0.15) is 52.4 Å². The first-order valence-electron chi connectivity index (χ1n) is 8.67. The molecule has 4 rings (SSSR count). The van der Waals surface area contributed by atoms with Crippen LogP contribution in [0.5, 0.6) is 0 Å². The van der Waals surface area contributed by atoms with Gasteiger partial charge in [0.15, 0.2) is 5.69 Å². The van der Waals surface area contributed by atoms with Crippen molar-refractivity contribution in [3.05, 3.63) is 33.5 Å². The largest absolute Gasteiger partial charge is 0.348 e. The quantitative estimate of drug-likeness (QED) is 0.922. The van der Waals surface area contributed by atoms with Gasteiger partial charge in [-0.3, -0.25) is 14.4 Å². The van der Waals surface area contributed by atoms with Gasteiger partial charge in [0, 0.05) is 55.4 Å². The van der Waals surface area contributed by atoms with Crippen molar-refractivity contribution in [1.82, 2.24) is 25.0 Å². The van der Waals surface area contributed by atoms with Crippen LogP contribution < -0.4 is 5.32 Å². The van der Waals surface area contributed by atoms with Crippen LogP contribution in [-0.4, -0.2) is 38.2 Å². The minimum Gasteiger partial charge on any atom is -0.348 e. The fourth-order valence-electron chi connectivity index (χ4n) is 3.81. The normalized spacial score (nSPS) is 18.7. The summed E-state index contributed by atoms with van der Waals surface area (Å²) in [5.41, 5.74) is 2.90. The Balaban J connectivity index is 1.51. The first kappa shape index (κ1) is 15.8. The topological polar surface area (TPSA) is 63.1 Å². The van der Waals surface area contributed by atoms with Crippen LogP contribution in [0.15, 0.2) is 11.6 Å². The van der Waals surface area contributed by atoms with E-state index < -0.39 is 0 Å². The van der Waals surface area contributed by atoms with Gasteiger partial charge in [0.2, 0.25) is 0 Å². The summed E-state index contributed by atoms with van der Waals surface area (Å²) in [6.07, 6.45) is 7.40. The molecule has 6 nitrogen and oxygen atoms in total. The number of aromatic nitrogens is 3. The molecule has 1 amide bonds. The van der Waals surface area contributed by atoms with Crippen LogP contribution >= 0.6 is 11.3 Å². The van der Waals surface area contributed by atoms with Crippen LogP contribution in [0.2, 0.25) is 0 Å². The number of hydrogen-bond donors (Lipinski definition) is 1. The van der Waals surface area contributed by atoms with E-state index in [0.29, 0.717) is 11.7 Å². The van der Waals surface area contributed by atoms with E-state index >= 15 is 0 Å². The Kier molecular flexibility index (Phi) is 4.37. The summed E-state index contributed by atoms with van der Waals surface area (Å²) < 4.78 is 1.89. The molecule has 0 radical (unpaired) electrons. The molecule has 1 N–H and O–H groups in total. The zero-order chi connectivity index (χ0) is 16.5. The number of nitrogens with one attached hydrogen (secondary N) is 1. The third-order valence-corrected chi connectivity index (χ3v) is 5.83. The zero-order valence-electron chi connectivity index (χ0n) is 14.0. The molecule has 24 heavy (non-hydrogen) atoms. The molecule has 1 fully saturated rings. The number of thiazole rings is 1. The van der Waals surface area contributed by atoms with Crippen molar-refractivity contribution in [3.63, 3.8) is 0 Å².